The molecule has 1 aromatic heterocycles. The predicted octanol–water partition coefficient (Wildman–Crippen LogP) is 3.28. The number of hydrogen-bond acceptors (Lipinski definition) is 4. The van der Waals surface area contributed by atoms with Gasteiger partial charge in [0.25, 0.3) is 5.91 Å². The van der Waals surface area contributed by atoms with Crippen LogP contribution in [-0.2, 0) is 11.2 Å². The predicted molar refractivity (Wildman–Crippen MR) is 90.7 cm³/mol. The van der Waals surface area contributed by atoms with Gasteiger partial charge in [-0.3, -0.25) is 4.79 Å². The minimum Gasteiger partial charge on any atom is -0.482 e. The molecule has 25 heavy (non-hydrogen) atoms. The molecule has 1 saturated heterocycles. The number of amides is 1. The smallest absolute Gasteiger partial charge is 0.341 e. The second kappa shape index (κ2) is 7.42. The van der Waals surface area contributed by atoms with Gasteiger partial charge >= 0.3 is 5.97 Å². The summed E-state index contributed by atoms with van der Waals surface area (Å²) in [6.45, 7) is 2.27. The van der Waals surface area contributed by atoms with Crippen LogP contribution in [-0.4, -0.2) is 35.0 Å². The average Bonchev–Trinajstić information content (AvgIpc) is 3.28. The monoisotopic (exact) mass is 343 g/mol. The molecule has 0 bridgehead atoms. The molecule has 1 atom stereocenters. The lowest BCUT2D eigenvalue weighted by molar-refractivity contribution is -0.139. The van der Waals surface area contributed by atoms with E-state index in [0.29, 0.717) is 17.9 Å². The molecule has 0 saturated carbocycles. The minimum absolute atomic E-state index is 0.0589. The van der Waals surface area contributed by atoms with Gasteiger partial charge in [0.15, 0.2) is 6.61 Å². The fourth-order valence-corrected chi connectivity index (χ4v) is 3.10. The standard InChI is InChI=1S/C19H21NO5/c1-2-14-8-9-17(25-14)16-7-4-10-20(16)19(23)13-5-3-6-15(11-13)24-12-18(21)22/h3,5-6,8-9,11,16H,2,4,7,10,12H2,1H3,(H,21,22). The van der Waals surface area contributed by atoms with Crippen LogP contribution >= 0.6 is 0 Å². The maximum Gasteiger partial charge on any atom is 0.341 e. The highest BCUT2D eigenvalue weighted by atomic mass is 16.5. The molecule has 3 rings (SSSR count). The number of benzene rings is 1. The lowest BCUT2D eigenvalue weighted by atomic mass is 10.1. The topological polar surface area (TPSA) is 80.0 Å². The lowest BCUT2D eigenvalue weighted by Gasteiger charge is -2.23. The maximum atomic E-state index is 12.9. The number of hydrogen-bond donors (Lipinski definition) is 1. The number of nitrogens with zero attached hydrogens (tertiary/aromatic N) is 1. The normalized spacial score (nSPS) is 16.8. The van der Waals surface area contributed by atoms with Crippen molar-refractivity contribution in [2.24, 2.45) is 0 Å². The fraction of sp³-hybridized carbons (Fsp3) is 0.368. The van der Waals surface area contributed by atoms with E-state index in [-0.39, 0.29) is 11.9 Å². The van der Waals surface area contributed by atoms with Crippen LogP contribution in [0.15, 0.2) is 40.8 Å². The SMILES string of the molecule is CCc1ccc(C2CCCN2C(=O)c2cccc(OCC(=O)O)c2)o1. The number of furan rings is 1. The molecular weight excluding hydrogens is 322 g/mol. The van der Waals surface area contributed by atoms with Crippen LogP contribution < -0.4 is 4.74 Å². The van der Waals surface area contributed by atoms with Gasteiger partial charge in [-0.1, -0.05) is 13.0 Å². The van der Waals surface area contributed by atoms with Gasteiger partial charge in [-0.2, -0.15) is 0 Å². The van der Waals surface area contributed by atoms with Crippen LogP contribution in [0.4, 0.5) is 0 Å². The molecule has 1 fully saturated rings. The Bertz CT molecular complexity index is 767. The highest BCUT2D eigenvalue weighted by molar-refractivity contribution is 5.95. The van der Waals surface area contributed by atoms with Crippen LogP contribution in [0.1, 0.15) is 47.7 Å². The van der Waals surface area contributed by atoms with E-state index in [1.807, 2.05) is 24.0 Å². The second-order valence-electron chi connectivity index (χ2n) is 6.02. The largest absolute Gasteiger partial charge is 0.482 e. The quantitative estimate of drug-likeness (QED) is 0.870. The van der Waals surface area contributed by atoms with Gasteiger partial charge in [-0.25, -0.2) is 4.79 Å². The van der Waals surface area contributed by atoms with Crippen molar-refractivity contribution in [1.82, 2.24) is 4.90 Å². The first-order valence-electron chi connectivity index (χ1n) is 8.42. The highest BCUT2D eigenvalue weighted by Crippen LogP contribution is 2.34. The van der Waals surface area contributed by atoms with E-state index < -0.39 is 12.6 Å². The Kier molecular flexibility index (Phi) is 5.07. The molecule has 2 heterocycles. The highest BCUT2D eigenvalue weighted by Gasteiger charge is 2.32. The summed E-state index contributed by atoms with van der Waals surface area (Å²) < 4.78 is 11.0. The third-order valence-electron chi connectivity index (χ3n) is 4.32. The van der Waals surface area contributed by atoms with E-state index in [1.165, 1.54) is 0 Å². The average molecular weight is 343 g/mol. The number of rotatable bonds is 6. The summed E-state index contributed by atoms with van der Waals surface area (Å²) in [5.41, 5.74) is 0.483. The van der Waals surface area contributed by atoms with E-state index in [4.69, 9.17) is 14.3 Å². The molecule has 0 radical (unpaired) electrons. The Morgan fingerprint density at radius 3 is 2.88 bits per heavy atom. The van der Waals surface area contributed by atoms with Crippen LogP contribution in [0.3, 0.4) is 0 Å². The Morgan fingerprint density at radius 1 is 1.32 bits per heavy atom. The molecule has 132 valence electrons. The van der Waals surface area contributed by atoms with Gasteiger partial charge in [-0.15, -0.1) is 0 Å². The first-order chi connectivity index (χ1) is 12.1. The molecule has 1 aliphatic rings. The summed E-state index contributed by atoms with van der Waals surface area (Å²) in [5.74, 6) is 0.952. The molecule has 6 heteroatoms. The van der Waals surface area contributed by atoms with Crippen molar-refractivity contribution in [3.8, 4) is 5.75 Å². The number of carboxylic acids is 1. The molecule has 1 aromatic carbocycles. The number of aliphatic carboxylic acids is 1. The van der Waals surface area contributed by atoms with E-state index in [2.05, 4.69) is 0 Å². The number of likely N-dealkylation sites (tertiary alicyclic amines) is 1. The number of carbonyl (C=O) groups is 2. The molecule has 1 amide bonds. The number of carboxylic acid groups (broad SMARTS) is 1. The van der Waals surface area contributed by atoms with Crippen molar-refractivity contribution in [1.29, 1.82) is 0 Å². The van der Waals surface area contributed by atoms with E-state index >= 15 is 0 Å². The summed E-state index contributed by atoms with van der Waals surface area (Å²) in [6, 6.07) is 10.5. The van der Waals surface area contributed by atoms with Crippen molar-refractivity contribution in [3.63, 3.8) is 0 Å². The summed E-state index contributed by atoms with van der Waals surface area (Å²) in [6.07, 6.45) is 2.62. The van der Waals surface area contributed by atoms with Gasteiger partial charge in [0.1, 0.15) is 17.3 Å². The summed E-state index contributed by atoms with van der Waals surface area (Å²) in [5, 5.41) is 8.70. The molecule has 0 spiro atoms. The number of aryl methyl sites for hydroxylation is 1. The van der Waals surface area contributed by atoms with Crippen LogP contribution in [0.5, 0.6) is 5.75 Å². The van der Waals surface area contributed by atoms with Crippen molar-refractivity contribution < 1.29 is 23.8 Å². The van der Waals surface area contributed by atoms with Crippen molar-refractivity contribution >= 4 is 11.9 Å². The number of carbonyl (C=O) groups excluding carboxylic acids is 1. The van der Waals surface area contributed by atoms with Gasteiger partial charge in [-0.05, 0) is 43.2 Å². The molecule has 1 aliphatic heterocycles. The Labute approximate surface area is 146 Å². The first kappa shape index (κ1) is 17.1. The van der Waals surface area contributed by atoms with Crippen LogP contribution in [0, 0.1) is 0 Å². The Balaban J connectivity index is 1.77. The third-order valence-corrected chi connectivity index (χ3v) is 4.32. The van der Waals surface area contributed by atoms with Crippen molar-refractivity contribution in [2.45, 2.75) is 32.2 Å². The molecule has 6 nitrogen and oxygen atoms in total. The van der Waals surface area contributed by atoms with Crippen molar-refractivity contribution in [2.75, 3.05) is 13.2 Å². The maximum absolute atomic E-state index is 12.9. The second-order valence-corrected chi connectivity index (χ2v) is 6.02. The Morgan fingerprint density at radius 2 is 2.16 bits per heavy atom. The fourth-order valence-electron chi connectivity index (χ4n) is 3.10. The molecular formula is C19H21NO5. The van der Waals surface area contributed by atoms with E-state index in [0.717, 1.165) is 30.8 Å². The van der Waals surface area contributed by atoms with Crippen LogP contribution in [0.2, 0.25) is 0 Å². The first-order valence-corrected chi connectivity index (χ1v) is 8.42. The summed E-state index contributed by atoms with van der Waals surface area (Å²) in [4.78, 5) is 25.3. The molecule has 1 unspecified atom stereocenters. The molecule has 1 N–H and O–H groups in total. The van der Waals surface area contributed by atoms with Gasteiger partial charge in [0.2, 0.25) is 0 Å². The van der Waals surface area contributed by atoms with Crippen LogP contribution in [0.25, 0.3) is 0 Å². The zero-order chi connectivity index (χ0) is 17.8. The zero-order valence-electron chi connectivity index (χ0n) is 14.1. The Hall–Kier alpha value is -2.76. The molecule has 2 aromatic rings. The summed E-state index contributed by atoms with van der Waals surface area (Å²) in [7, 11) is 0. The van der Waals surface area contributed by atoms with Gasteiger partial charge in [0, 0.05) is 18.5 Å². The van der Waals surface area contributed by atoms with E-state index in [1.54, 1.807) is 24.3 Å². The summed E-state index contributed by atoms with van der Waals surface area (Å²) >= 11 is 0. The molecule has 0 aliphatic carbocycles. The zero-order valence-corrected chi connectivity index (χ0v) is 14.1. The minimum atomic E-state index is -1.05. The van der Waals surface area contributed by atoms with Gasteiger partial charge < -0.3 is 19.2 Å². The van der Waals surface area contributed by atoms with Gasteiger partial charge in [0.05, 0.1) is 6.04 Å². The van der Waals surface area contributed by atoms with E-state index in [9.17, 15) is 9.59 Å². The third kappa shape index (κ3) is 3.84. The number of ether oxygens (including phenoxy) is 1. The lowest BCUT2D eigenvalue weighted by Crippen LogP contribution is -2.30. The van der Waals surface area contributed by atoms with Crippen molar-refractivity contribution in [3.05, 3.63) is 53.5 Å².